The van der Waals surface area contributed by atoms with E-state index in [1.807, 2.05) is 0 Å². The Hall–Kier alpha value is -1.23. The molecule has 1 aromatic carbocycles. The van der Waals surface area contributed by atoms with Gasteiger partial charge in [-0.05, 0) is 12.1 Å². The molecule has 2 nitrogen and oxygen atoms in total. The average molecular weight is 191 g/mol. The van der Waals surface area contributed by atoms with Crippen LogP contribution in [0.5, 0.6) is 5.75 Å². The van der Waals surface area contributed by atoms with Gasteiger partial charge in [0.05, 0.1) is 5.56 Å². The molecule has 0 spiro atoms. The maximum absolute atomic E-state index is 12.8. The van der Waals surface area contributed by atoms with Crippen LogP contribution in [0.25, 0.3) is 0 Å². The number of aliphatic hydroxyl groups is 1. The van der Waals surface area contributed by atoms with E-state index in [1.54, 1.807) is 0 Å². The number of benzene rings is 1. The molecule has 0 aliphatic carbocycles. The third kappa shape index (κ3) is 2.35. The molecule has 0 bridgehead atoms. The standard InChI is InChI=1S/C8H6F3O2/c9-6-2-1-3-7(5(6)4-12)13-8(10)11/h1-4,8,12H. The van der Waals surface area contributed by atoms with Crippen LogP contribution >= 0.6 is 0 Å². The van der Waals surface area contributed by atoms with Gasteiger partial charge in [-0.25, -0.2) is 4.39 Å². The molecule has 71 valence electrons. The summed E-state index contributed by atoms with van der Waals surface area (Å²) in [6, 6.07) is 3.37. The van der Waals surface area contributed by atoms with E-state index in [2.05, 4.69) is 4.74 Å². The number of alkyl halides is 2. The van der Waals surface area contributed by atoms with E-state index >= 15 is 0 Å². The fourth-order valence-corrected chi connectivity index (χ4v) is 0.841. The molecule has 0 heterocycles. The zero-order valence-electron chi connectivity index (χ0n) is 6.38. The second-order valence-corrected chi connectivity index (χ2v) is 2.16. The first-order chi connectivity index (χ1) is 6.15. The fourth-order valence-electron chi connectivity index (χ4n) is 0.841. The van der Waals surface area contributed by atoms with E-state index < -0.39 is 18.2 Å². The monoisotopic (exact) mass is 191 g/mol. The summed E-state index contributed by atoms with van der Waals surface area (Å²) >= 11 is 0. The van der Waals surface area contributed by atoms with Crippen LogP contribution in [0.2, 0.25) is 0 Å². The minimum Gasteiger partial charge on any atom is -0.434 e. The predicted octanol–water partition coefficient (Wildman–Crippen LogP) is 2.31. The Morgan fingerprint density at radius 3 is 2.62 bits per heavy atom. The van der Waals surface area contributed by atoms with Crippen molar-refractivity contribution < 1.29 is 23.0 Å². The summed E-state index contributed by atoms with van der Waals surface area (Å²) in [7, 11) is 0. The van der Waals surface area contributed by atoms with Crippen molar-refractivity contribution >= 4 is 0 Å². The molecule has 0 aliphatic rings. The smallest absolute Gasteiger partial charge is 0.387 e. The van der Waals surface area contributed by atoms with E-state index in [0.717, 1.165) is 12.1 Å². The summed E-state index contributed by atoms with van der Waals surface area (Å²) in [6.45, 7) is -2.66. The first-order valence-corrected chi connectivity index (χ1v) is 3.36. The largest absolute Gasteiger partial charge is 0.434 e. The number of hydrogen-bond acceptors (Lipinski definition) is 2. The van der Waals surface area contributed by atoms with E-state index in [-0.39, 0.29) is 5.56 Å². The van der Waals surface area contributed by atoms with Crippen molar-refractivity contribution in [2.45, 2.75) is 6.61 Å². The minimum absolute atomic E-state index is 0.382. The van der Waals surface area contributed by atoms with E-state index in [0.29, 0.717) is 6.61 Å². The fraction of sp³-hybridized carbons (Fsp3) is 0.125. The molecule has 1 rings (SSSR count). The molecule has 1 aromatic rings. The maximum Gasteiger partial charge on any atom is 0.387 e. The molecule has 0 aromatic heterocycles. The number of halogens is 3. The Balaban J connectivity index is 2.98. The van der Waals surface area contributed by atoms with Crippen LogP contribution < -0.4 is 4.74 Å². The summed E-state index contributed by atoms with van der Waals surface area (Å²) in [5, 5.41) is 8.52. The van der Waals surface area contributed by atoms with Crippen molar-refractivity contribution in [2.75, 3.05) is 0 Å². The molecule has 0 unspecified atom stereocenters. The van der Waals surface area contributed by atoms with E-state index in [1.165, 1.54) is 6.07 Å². The molecule has 0 atom stereocenters. The third-order valence-corrected chi connectivity index (χ3v) is 1.36. The van der Waals surface area contributed by atoms with Gasteiger partial charge in [-0.15, -0.1) is 0 Å². The van der Waals surface area contributed by atoms with Gasteiger partial charge in [0.15, 0.2) is 0 Å². The van der Waals surface area contributed by atoms with Gasteiger partial charge in [0.25, 0.3) is 0 Å². The van der Waals surface area contributed by atoms with Crippen LogP contribution in [0.15, 0.2) is 18.2 Å². The van der Waals surface area contributed by atoms with Gasteiger partial charge >= 0.3 is 6.61 Å². The first-order valence-electron chi connectivity index (χ1n) is 3.36. The summed E-state index contributed by atoms with van der Waals surface area (Å²) in [5.74, 6) is -1.21. The topological polar surface area (TPSA) is 29.5 Å². The van der Waals surface area contributed by atoms with Crippen molar-refractivity contribution in [2.24, 2.45) is 0 Å². The van der Waals surface area contributed by atoms with Gasteiger partial charge in [0.1, 0.15) is 18.2 Å². The Morgan fingerprint density at radius 2 is 2.08 bits per heavy atom. The number of hydrogen-bond donors (Lipinski definition) is 1. The van der Waals surface area contributed by atoms with Gasteiger partial charge < -0.3 is 9.84 Å². The lowest BCUT2D eigenvalue weighted by molar-refractivity contribution is -0.0505. The highest BCUT2D eigenvalue weighted by Gasteiger charge is 2.12. The highest BCUT2D eigenvalue weighted by molar-refractivity contribution is 5.38. The van der Waals surface area contributed by atoms with Crippen molar-refractivity contribution in [3.63, 3.8) is 0 Å². The van der Waals surface area contributed by atoms with Gasteiger partial charge in [-0.1, -0.05) is 6.07 Å². The van der Waals surface area contributed by atoms with Crippen molar-refractivity contribution in [1.29, 1.82) is 0 Å². The molecule has 13 heavy (non-hydrogen) atoms. The van der Waals surface area contributed by atoms with Crippen LogP contribution in [-0.4, -0.2) is 11.7 Å². The minimum atomic E-state index is -3.04. The van der Waals surface area contributed by atoms with E-state index in [4.69, 9.17) is 5.11 Å². The predicted molar refractivity (Wildman–Crippen MR) is 38.4 cm³/mol. The maximum atomic E-state index is 12.8. The number of aliphatic hydroxyl groups excluding tert-OH is 1. The van der Waals surface area contributed by atoms with Crippen LogP contribution in [0.1, 0.15) is 5.56 Å². The summed E-state index contributed by atoms with van der Waals surface area (Å²) in [5.41, 5.74) is -0.386. The van der Waals surface area contributed by atoms with E-state index in [9.17, 15) is 13.2 Å². The van der Waals surface area contributed by atoms with Crippen molar-refractivity contribution in [3.05, 3.63) is 36.2 Å². The SMILES string of the molecule is O[CH]c1c(F)cccc1OC(F)F. The van der Waals surface area contributed by atoms with Gasteiger partial charge in [0.2, 0.25) is 0 Å². The molecular formula is C8H6F3O2. The zero-order chi connectivity index (χ0) is 9.84. The highest BCUT2D eigenvalue weighted by Crippen LogP contribution is 2.23. The molecule has 0 fully saturated rings. The lowest BCUT2D eigenvalue weighted by Gasteiger charge is -2.08. The molecular weight excluding hydrogens is 185 g/mol. The Kier molecular flexibility index (Phi) is 3.13. The average Bonchev–Trinajstić information content (AvgIpc) is 2.03. The third-order valence-electron chi connectivity index (χ3n) is 1.36. The molecule has 1 N–H and O–H groups in total. The van der Waals surface area contributed by atoms with Gasteiger partial charge in [-0.2, -0.15) is 8.78 Å². The number of rotatable bonds is 3. The van der Waals surface area contributed by atoms with Gasteiger partial charge in [-0.3, -0.25) is 0 Å². The Morgan fingerprint density at radius 1 is 1.38 bits per heavy atom. The zero-order valence-corrected chi connectivity index (χ0v) is 6.38. The Bertz CT molecular complexity index is 289. The summed E-state index contributed by atoms with van der Waals surface area (Å²) in [4.78, 5) is 0. The highest BCUT2D eigenvalue weighted by atomic mass is 19.3. The van der Waals surface area contributed by atoms with Crippen LogP contribution in [0.4, 0.5) is 13.2 Å². The second-order valence-electron chi connectivity index (χ2n) is 2.16. The lowest BCUT2D eigenvalue weighted by atomic mass is 10.2. The molecule has 0 saturated heterocycles. The number of ether oxygens (including phenoxy) is 1. The van der Waals surface area contributed by atoms with Crippen molar-refractivity contribution in [3.8, 4) is 5.75 Å². The summed E-state index contributed by atoms with van der Waals surface area (Å²) < 4.78 is 40.2. The van der Waals surface area contributed by atoms with Gasteiger partial charge in [0, 0.05) is 0 Å². The molecule has 0 amide bonds. The van der Waals surface area contributed by atoms with Crippen LogP contribution in [-0.2, 0) is 0 Å². The molecule has 5 heteroatoms. The quantitative estimate of drug-likeness (QED) is 0.794. The molecule has 0 aliphatic heterocycles. The van der Waals surface area contributed by atoms with Crippen molar-refractivity contribution in [1.82, 2.24) is 0 Å². The Labute approximate surface area is 72.6 Å². The lowest BCUT2D eigenvalue weighted by Crippen LogP contribution is -2.05. The first kappa shape index (κ1) is 9.85. The molecule has 0 saturated carbocycles. The second kappa shape index (κ2) is 4.13. The summed E-state index contributed by atoms with van der Waals surface area (Å²) in [6.07, 6.45) is 0. The normalized spacial score (nSPS) is 10.5. The van der Waals surface area contributed by atoms with Crippen LogP contribution in [0.3, 0.4) is 0 Å². The molecule has 1 radical (unpaired) electrons. The van der Waals surface area contributed by atoms with Crippen LogP contribution in [0, 0.1) is 12.4 Å².